The molecule has 0 aliphatic carbocycles. The van der Waals surface area contributed by atoms with Crippen LogP contribution in [-0.4, -0.2) is 49.4 Å². The lowest BCUT2D eigenvalue weighted by molar-refractivity contribution is 0.0152. The van der Waals surface area contributed by atoms with Crippen molar-refractivity contribution in [1.29, 1.82) is 0 Å². The Morgan fingerprint density at radius 1 is 1.23 bits per heavy atom. The first-order valence-corrected chi connectivity index (χ1v) is 8.69. The SMILES string of the molecule is COC(=O)c1ccc2c(c1F)OCC21CCN(C(=O)OC(C)(C)C)CC1. The molecule has 1 aromatic rings. The highest BCUT2D eigenvalue weighted by Crippen LogP contribution is 2.47. The number of piperidine rings is 1. The lowest BCUT2D eigenvalue weighted by Crippen LogP contribution is -2.47. The summed E-state index contributed by atoms with van der Waals surface area (Å²) in [4.78, 5) is 25.6. The zero-order valence-corrected chi connectivity index (χ0v) is 15.6. The predicted octanol–water partition coefficient (Wildman–Crippen LogP) is 3.27. The van der Waals surface area contributed by atoms with Crippen LogP contribution in [0.25, 0.3) is 0 Å². The third-order valence-electron chi connectivity index (χ3n) is 4.94. The molecule has 6 nitrogen and oxygen atoms in total. The van der Waals surface area contributed by atoms with Crippen molar-refractivity contribution in [3.63, 3.8) is 0 Å². The van der Waals surface area contributed by atoms with E-state index in [4.69, 9.17) is 9.47 Å². The van der Waals surface area contributed by atoms with Gasteiger partial charge in [-0.15, -0.1) is 0 Å². The molecule has 0 atom stereocenters. The van der Waals surface area contributed by atoms with Crippen LogP contribution in [0.1, 0.15) is 49.5 Å². The van der Waals surface area contributed by atoms with Crippen LogP contribution in [-0.2, 0) is 14.9 Å². The number of amides is 1. The molecule has 26 heavy (non-hydrogen) atoms. The van der Waals surface area contributed by atoms with Crippen LogP contribution in [0.3, 0.4) is 0 Å². The molecule has 0 radical (unpaired) electrons. The number of benzene rings is 1. The average Bonchev–Trinajstić information content (AvgIpc) is 2.93. The summed E-state index contributed by atoms with van der Waals surface area (Å²) >= 11 is 0. The monoisotopic (exact) mass is 365 g/mol. The van der Waals surface area contributed by atoms with Crippen molar-refractivity contribution in [2.45, 2.75) is 44.6 Å². The fraction of sp³-hybridized carbons (Fsp3) is 0.579. The van der Waals surface area contributed by atoms with Gasteiger partial charge in [0, 0.05) is 24.1 Å². The van der Waals surface area contributed by atoms with Gasteiger partial charge in [0.15, 0.2) is 11.6 Å². The molecule has 1 saturated heterocycles. The molecule has 2 heterocycles. The lowest BCUT2D eigenvalue weighted by atomic mass is 9.74. The Morgan fingerprint density at radius 2 is 1.88 bits per heavy atom. The van der Waals surface area contributed by atoms with E-state index in [1.165, 1.54) is 13.2 Å². The minimum Gasteiger partial charge on any atom is -0.489 e. The van der Waals surface area contributed by atoms with Crippen molar-refractivity contribution in [3.8, 4) is 5.75 Å². The van der Waals surface area contributed by atoms with E-state index in [2.05, 4.69) is 4.74 Å². The third-order valence-corrected chi connectivity index (χ3v) is 4.94. The van der Waals surface area contributed by atoms with Crippen LogP contribution in [0.2, 0.25) is 0 Å². The number of carbonyl (C=O) groups excluding carboxylic acids is 2. The number of likely N-dealkylation sites (tertiary alicyclic amines) is 1. The van der Waals surface area contributed by atoms with E-state index in [0.717, 1.165) is 5.56 Å². The molecule has 1 spiro atoms. The normalized spacial score (nSPS) is 18.3. The van der Waals surface area contributed by atoms with Gasteiger partial charge in [0.2, 0.25) is 0 Å². The smallest absolute Gasteiger partial charge is 0.410 e. The van der Waals surface area contributed by atoms with Crippen LogP contribution in [0.5, 0.6) is 5.75 Å². The zero-order chi connectivity index (χ0) is 19.1. The van der Waals surface area contributed by atoms with E-state index in [9.17, 15) is 14.0 Å². The molecular formula is C19H24FNO5. The first-order valence-electron chi connectivity index (χ1n) is 8.69. The molecule has 142 valence electrons. The number of halogens is 1. The van der Waals surface area contributed by atoms with Crippen molar-refractivity contribution in [2.75, 3.05) is 26.8 Å². The van der Waals surface area contributed by atoms with Gasteiger partial charge in [-0.25, -0.2) is 14.0 Å². The number of hydrogen-bond acceptors (Lipinski definition) is 5. The van der Waals surface area contributed by atoms with Gasteiger partial charge in [-0.2, -0.15) is 0 Å². The van der Waals surface area contributed by atoms with Gasteiger partial charge in [-0.1, -0.05) is 6.07 Å². The van der Waals surface area contributed by atoms with Crippen LogP contribution in [0, 0.1) is 5.82 Å². The summed E-state index contributed by atoms with van der Waals surface area (Å²) in [5, 5.41) is 0. The van der Waals surface area contributed by atoms with Crippen molar-refractivity contribution in [3.05, 3.63) is 29.1 Å². The Labute approximate surface area is 152 Å². The molecule has 1 aromatic carbocycles. The van der Waals surface area contributed by atoms with Gasteiger partial charge < -0.3 is 19.1 Å². The molecule has 1 amide bonds. The van der Waals surface area contributed by atoms with Crippen LogP contribution in [0.15, 0.2) is 12.1 Å². The number of fused-ring (bicyclic) bond motifs is 2. The first-order chi connectivity index (χ1) is 12.2. The highest BCUT2D eigenvalue weighted by Gasteiger charge is 2.46. The minimum absolute atomic E-state index is 0.124. The van der Waals surface area contributed by atoms with Gasteiger partial charge in [-0.05, 0) is 39.7 Å². The fourth-order valence-electron chi connectivity index (χ4n) is 3.53. The Bertz CT molecular complexity index is 732. The topological polar surface area (TPSA) is 65.1 Å². The maximum Gasteiger partial charge on any atom is 0.410 e. The standard InChI is InChI=1S/C19H24FNO5/c1-18(2,3)26-17(23)21-9-7-19(8-10-21)11-25-15-13(19)6-5-12(14(15)20)16(22)24-4/h5-6H,7-11H2,1-4H3. The highest BCUT2D eigenvalue weighted by atomic mass is 19.1. The Kier molecular flexibility index (Phi) is 4.58. The maximum absolute atomic E-state index is 14.6. The Hall–Kier alpha value is -2.31. The van der Waals surface area contributed by atoms with Crippen LogP contribution in [0.4, 0.5) is 9.18 Å². The van der Waals surface area contributed by atoms with Gasteiger partial charge in [-0.3, -0.25) is 0 Å². The van der Waals surface area contributed by atoms with Gasteiger partial charge >= 0.3 is 12.1 Å². The van der Waals surface area contributed by atoms with Crippen LogP contribution < -0.4 is 4.74 Å². The lowest BCUT2D eigenvalue weighted by Gasteiger charge is -2.38. The first kappa shape index (κ1) is 18.5. The molecule has 3 rings (SSSR count). The largest absolute Gasteiger partial charge is 0.489 e. The Balaban J connectivity index is 1.77. The third kappa shape index (κ3) is 3.22. The molecule has 0 saturated carbocycles. The molecule has 7 heteroatoms. The van der Waals surface area contributed by atoms with Crippen molar-refractivity contribution < 1.29 is 28.2 Å². The number of nitrogens with zero attached hydrogens (tertiary/aromatic N) is 1. The summed E-state index contributed by atoms with van der Waals surface area (Å²) in [7, 11) is 1.21. The predicted molar refractivity (Wildman–Crippen MR) is 92.0 cm³/mol. The summed E-state index contributed by atoms with van der Waals surface area (Å²) in [5.41, 5.74) is -0.257. The second-order valence-electron chi connectivity index (χ2n) is 7.83. The zero-order valence-electron chi connectivity index (χ0n) is 15.6. The summed E-state index contributed by atoms with van der Waals surface area (Å²) in [5.74, 6) is -1.28. The number of methoxy groups -OCH3 is 1. The molecule has 0 aromatic heterocycles. The molecule has 2 aliphatic rings. The molecule has 0 bridgehead atoms. The number of ether oxygens (including phenoxy) is 3. The molecule has 0 N–H and O–H groups in total. The van der Waals surface area contributed by atoms with Gasteiger partial charge in [0.25, 0.3) is 0 Å². The molecular weight excluding hydrogens is 341 g/mol. The molecule has 0 unspecified atom stereocenters. The number of hydrogen-bond donors (Lipinski definition) is 0. The fourth-order valence-corrected chi connectivity index (χ4v) is 3.53. The number of rotatable bonds is 1. The summed E-state index contributed by atoms with van der Waals surface area (Å²) in [6.07, 6.45) is 0.964. The summed E-state index contributed by atoms with van der Waals surface area (Å²) < 4.78 is 30.3. The van der Waals surface area contributed by atoms with E-state index < -0.39 is 17.4 Å². The Morgan fingerprint density at radius 3 is 2.46 bits per heavy atom. The minimum atomic E-state index is -0.727. The number of esters is 1. The number of carbonyl (C=O) groups is 2. The van der Waals surface area contributed by atoms with E-state index in [-0.39, 0.29) is 22.8 Å². The van der Waals surface area contributed by atoms with E-state index in [1.807, 2.05) is 20.8 Å². The average molecular weight is 365 g/mol. The van der Waals surface area contributed by atoms with Crippen molar-refractivity contribution in [2.24, 2.45) is 0 Å². The van der Waals surface area contributed by atoms with Gasteiger partial charge in [0.1, 0.15) is 5.60 Å². The highest BCUT2D eigenvalue weighted by molar-refractivity contribution is 5.90. The second-order valence-corrected chi connectivity index (χ2v) is 7.83. The van der Waals surface area contributed by atoms with E-state index in [0.29, 0.717) is 32.5 Å². The van der Waals surface area contributed by atoms with Gasteiger partial charge in [0.05, 0.1) is 19.3 Å². The van der Waals surface area contributed by atoms with E-state index >= 15 is 0 Å². The van der Waals surface area contributed by atoms with Crippen LogP contribution >= 0.6 is 0 Å². The summed E-state index contributed by atoms with van der Waals surface area (Å²) in [6.45, 7) is 6.86. The molecule has 2 aliphatic heterocycles. The molecule has 1 fully saturated rings. The van der Waals surface area contributed by atoms with E-state index in [1.54, 1.807) is 11.0 Å². The second kappa shape index (κ2) is 6.45. The van der Waals surface area contributed by atoms with Crippen molar-refractivity contribution in [1.82, 2.24) is 4.90 Å². The quantitative estimate of drug-likeness (QED) is 0.715. The maximum atomic E-state index is 14.6. The summed E-state index contributed by atoms with van der Waals surface area (Å²) in [6, 6.07) is 3.18. The van der Waals surface area contributed by atoms with Crippen molar-refractivity contribution >= 4 is 12.1 Å².